The number of ketones is 4. The zero-order valence-electron chi connectivity index (χ0n) is 28.4. The maximum absolute atomic E-state index is 13.6. The molecule has 5 aliphatic rings. The molecule has 0 amide bonds. The van der Waals surface area contributed by atoms with E-state index in [0.717, 1.165) is 63.6 Å². The molecular formula is C41H32N2O5S4. The Kier molecular flexibility index (Phi) is 6.66. The first-order valence-electron chi connectivity index (χ1n) is 18.0. The Morgan fingerprint density at radius 2 is 1.35 bits per heavy atom. The van der Waals surface area contributed by atoms with E-state index in [1.807, 2.05) is 48.5 Å². The molecule has 3 saturated carbocycles. The number of aliphatic imine (C=N–C) groups is 1. The molecule has 6 aromatic rings. The highest BCUT2D eigenvalue weighted by Gasteiger charge is 2.52. The molecule has 1 aliphatic heterocycles. The third-order valence-corrected chi connectivity index (χ3v) is 16.9. The number of carbonyl (C=O) groups is 4. The summed E-state index contributed by atoms with van der Waals surface area (Å²) in [5.41, 5.74) is 1.57. The Morgan fingerprint density at radius 3 is 2.00 bits per heavy atom. The van der Waals surface area contributed by atoms with Crippen LogP contribution in [0.5, 0.6) is 5.75 Å². The van der Waals surface area contributed by atoms with E-state index in [1.54, 1.807) is 22.7 Å². The van der Waals surface area contributed by atoms with Gasteiger partial charge in [0.2, 0.25) is 0 Å². The number of nitrogens with one attached hydrogen (secondary N) is 1. The number of hydrogen-bond acceptors (Lipinski definition) is 11. The van der Waals surface area contributed by atoms with Crippen LogP contribution in [0.1, 0.15) is 78.7 Å². The molecule has 4 atom stereocenters. The van der Waals surface area contributed by atoms with Crippen molar-refractivity contribution in [3.63, 3.8) is 0 Å². The van der Waals surface area contributed by atoms with Gasteiger partial charge in [0.15, 0.2) is 40.6 Å². The summed E-state index contributed by atoms with van der Waals surface area (Å²) in [5.74, 6) is 1.11. The molecule has 1 N–H and O–H groups in total. The van der Waals surface area contributed by atoms with Gasteiger partial charge >= 0.3 is 0 Å². The summed E-state index contributed by atoms with van der Waals surface area (Å²) < 4.78 is 11.0. The highest BCUT2D eigenvalue weighted by atomic mass is 32.1. The van der Waals surface area contributed by atoms with Crippen LogP contribution in [0, 0.1) is 23.7 Å². The molecule has 4 aromatic heterocycles. The maximum atomic E-state index is 13.6. The highest BCUT2D eigenvalue weighted by molar-refractivity contribution is 7.36. The molecule has 7 nitrogen and oxygen atoms in total. The van der Waals surface area contributed by atoms with Gasteiger partial charge < -0.3 is 10.1 Å². The minimum Gasteiger partial charge on any atom is -0.480 e. The molecule has 2 aromatic carbocycles. The second kappa shape index (κ2) is 11.0. The molecule has 4 unspecified atom stereocenters. The van der Waals surface area contributed by atoms with Gasteiger partial charge in [-0.15, -0.1) is 45.3 Å². The third-order valence-electron chi connectivity index (χ3n) is 12.1. The van der Waals surface area contributed by atoms with E-state index in [2.05, 4.69) is 19.2 Å². The number of Topliss-reactive ketones (excluding diaryl/α,β-unsaturated/α-hetero) is 4. The second-order valence-corrected chi connectivity index (χ2v) is 19.7. The molecule has 11 heteroatoms. The average molecular weight is 761 g/mol. The Morgan fingerprint density at radius 1 is 0.731 bits per heavy atom. The Labute approximate surface area is 314 Å². The van der Waals surface area contributed by atoms with Crippen molar-refractivity contribution in [1.29, 1.82) is 0 Å². The van der Waals surface area contributed by atoms with E-state index in [4.69, 9.17) is 9.73 Å². The minimum atomic E-state index is -0.954. The van der Waals surface area contributed by atoms with Crippen molar-refractivity contribution in [1.82, 2.24) is 0 Å². The molecule has 5 heterocycles. The number of ether oxygens (including phenoxy) is 1. The van der Waals surface area contributed by atoms with Gasteiger partial charge in [-0.1, -0.05) is 49.9 Å². The largest absolute Gasteiger partial charge is 0.480 e. The third kappa shape index (κ3) is 4.42. The van der Waals surface area contributed by atoms with E-state index in [9.17, 15) is 19.2 Å². The molecule has 3 fully saturated rings. The van der Waals surface area contributed by atoms with Crippen LogP contribution in [0.4, 0.5) is 10.0 Å². The molecule has 11 rings (SSSR count). The van der Waals surface area contributed by atoms with Crippen molar-refractivity contribution < 1.29 is 23.9 Å². The summed E-state index contributed by atoms with van der Waals surface area (Å²) in [7, 11) is 0. The predicted octanol–water partition coefficient (Wildman–Crippen LogP) is 10.6. The van der Waals surface area contributed by atoms with Crippen LogP contribution in [0.3, 0.4) is 0 Å². The van der Waals surface area contributed by atoms with Gasteiger partial charge in [0.1, 0.15) is 10.6 Å². The van der Waals surface area contributed by atoms with Crippen LogP contribution in [0.2, 0.25) is 0 Å². The van der Waals surface area contributed by atoms with Crippen LogP contribution < -0.4 is 10.1 Å². The number of carbonyl (C=O) groups excluding carboxylic acids is 4. The van der Waals surface area contributed by atoms with E-state index in [-0.39, 0.29) is 40.7 Å². The highest BCUT2D eigenvalue weighted by Crippen LogP contribution is 2.61. The molecule has 0 spiro atoms. The summed E-state index contributed by atoms with van der Waals surface area (Å²) in [6, 6.07) is 14.5. The second-order valence-electron chi connectivity index (χ2n) is 15.5. The van der Waals surface area contributed by atoms with Gasteiger partial charge in [0.05, 0.1) is 28.9 Å². The van der Waals surface area contributed by atoms with Crippen LogP contribution >= 0.6 is 45.3 Å². The fourth-order valence-corrected chi connectivity index (χ4v) is 15.0. The lowest BCUT2D eigenvalue weighted by Gasteiger charge is -2.39. The summed E-state index contributed by atoms with van der Waals surface area (Å²) in [5, 5.41) is 6.61. The number of nitrogens with zero attached hydrogens (tertiary/aromatic N) is 1. The van der Waals surface area contributed by atoms with Crippen molar-refractivity contribution >= 4 is 114 Å². The lowest BCUT2D eigenvalue weighted by atomic mass is 9.64. The zero-order chi connectivity index (χ0) is 35.2. The smallest absolute Gasteiger partial charge is 0.193 e. The van der Waals surface area contributed by atoms with Crippen molar-refractivity contribution in [3.05, 3.63) is 65.2 Å². The van der Waals surface area contributed by atoms with E-state index >= 15 is 0 Å². The zero-order valence-corrected chi connectivity index (χ0v) is 31.6. The van der Waals surface area contributed by atoms with Crippen molar-refractivity contribution in [2.45, 2.75) is 64.0 Å². The van der Waals surface area contributed by atoms with Gasteiger partial charge in [-0.05, 0) is 73.6 Å². The standard InChI is InChI=1S/C41H32N2O5S4/c1-41(2)29-37-25(15-27(51-37)42-30-32(44)21-11-17-7-3-4-8-18(17)12-22(21)33(30)45)49-39(29)40-36(48-41)38-26(50-40)16-28(52-38)43-31-34(46)23-13-19-9-5-6-10-20(19)14-24(23)35(31)47/h5-6,9-10,13-18,21-22,31,43H,3-4,7-8,11-12H2,1-2H3. The predicted molar refractivity (Wildman–Crippen MR) is 211 cm³/mol. The quantitative estimate of drug-likeness (QED) is 0.180. The minimum absolute atomic E-state index is 0.0432. The van der Waals surface area contributed by atoms with Crippen LogP contribution in [0.25, 0.3) is 39.3 Å². The number of benzene rings is 2. The number of anilines is 1. The number of hydrogen-bond donors (Lipinski definition) is 1. The first kappa shape index (κ1) is 31.5. The molecule has 52 heavy (non-hydrogen) atoms. The average Bonchev–Trinajstić information content (AvgIpc) is 3.95. The summed E-state index contributed by atoms with van der Waals surface area (Å²) in [6.07, 6.45) is 6.53. The fourth-order valence-electron chi connectivity index (χ4n) is 9.64. The molecular weight excluding hydrogens is 729 g/mol. The van der Waals surface area contributed by atoms with E-state index < -0.39 is 11.6 Å². The number of thiophene rings is 4. The van der Waals surface area contributed by atoms with Gasteiger partial charge in [-0.3, -0.25) is 19.2 Å². The van der Waals surface area contributed by atoms with Crippen LogP contribution in [-0.4, -0.2) is 34.9 Å². The lowest BCUT2D eigenvalue weighted by Crippen LogP contribution is -2.35. The normalized spacial score (nSPS) is 25.0. The molecule has 4 aliphatic carbocycles. The van der Waals surface area contributed by atoms with Gasteiger partial charge in [0.25, 0.3) is 0 Å². The molecule has 0 saturated heterocycles. The van der Waals surface area contributed by atoms with Crippen molar-refractivity contribution in [3.8, 4) is 15.5 Å². The van der Waals surface area contributed by atoms with Crippen molar-refractivity contribution in [2.75, 3.05) is 5.32 Å². The Balaban J connectivity index is 0.897. The topological polar surface area (TPSA) is 102 Å². The van der Waals surface area contributed by atoms with E-state index in [1.165, 1.54) is 53.2 Å². The Bertz CT molecular complexity index is 2560. The van der Waals surface area contributed by atoms with Gasteiger partial charge in [0, 0.05) is 33.2 Å². The summed E-state index contributed by atoms with van der Waals surface area (Å²) in [6.45, 7) is 4.15. The summed E-state index contributed by atoms with van der Waals surface area (Å²) in [4.78, 5) is 61.0. The first-order chi connectivity index (χ1) is 25.1. The molecule has 260 valence electrons. The monoisotopic (exact) mass is 760 g/mol. The summed E-state index contributed by atoms with van der Waals surface area (Å²) >= 11 is 6.40. The number of rotatable bonds is 3. The first-order valence-corrected chi connectivity index (χ1v) is 21.3. The molecule has 0 radical (unpaired) electrons. The Hall–Kier alpha value is -4.03. The van der Waals surface area contributed by atoms with Crippen molar-refractivity contribution in [2.24, 2.45) is 28.7 Å². The van der Waals surface area contributed by atoms with Gasteiger partial charge in [-0.25, -0.2) is 4.99 Å². The fraction of sp³-hybridized carbons (Fsp3) is 0.341. The molecule has 0 bridgehead atoms. The van der Waals surface area contributed by atoms with E-state index in [0.29, 0.717) is 28.0 Å². The lowest BCUT2D eigenvalue weighted by molar-refractivity contribution is -0.123. The SMILES string of the molecule is CC1(C)Oc2c(sc3cc(NC4C(=O)c5cc6ccccc6cc5C4=O)sc23)-c2sc3cc(N=C4C(=O)C5CC6CCCCC6CC5C4=O)sc3c21. The van der Waals surface area contributed by atoms with Crippen LogP contribution in [-0.2, 0) is 15.2 Å². The number of fused-ring (bicyclic) bond motifs is 11. The van der Waals surface area contributed by atoms with Crippen LogP contribution in [0.15, 0.2) is 53.5 Å². The van der Waals surface area contributed by atoms with Gasteiger partial charge in [-0.2, -0.15) is 0 Å². The maximum Gasteiger partial charge on any atom is 0.193 e.